The Morgan fingerprint density at radius 3 is 1.98 bits per heavy atom. The Hall–Kier alpha value is -6.46. The van der Waals surface area contributed by atoms with Gasteiger partial charge in [-0.1, -0.05) is 146 Å². The molecule has 0 spiro atoms. The molecule has 230 valence electrons. The normalized spacial score (nSPS) is 12.2. The fourth-order valence-electron chi connectivity index (χ4n) is 6.30. The van der Waals surface area contributed by atoms with Gasteiger partial charge >= 0.3 is 0 Å². The van der Waals surface area contributed by atoms with Crippen molar-refractivity contribution in [3.63, 3.8) is 0 Å². The number of amidine groups is 2. The maximum Gasteiger partial charge on any atom is 0.160 e. The molecule has 1 heterocycles. The van der Waals surface area contributed by atoms with E-state index in [1.54, 1.807) is 0 Å². The largest absolute Gasteiger partial charge is 0.454 e. The standard InChI is InChI=1S/C43H32N4O/c44-42(31-18-6-2-7-19-31)47-43(32-20-8-3-9-21-32)45-28-29-15-14-22-33(27-29)46-40-38(30-16-4-1-5-17-30)34-23-10-11-24-35(34)39-36-25-12-13-26-37(36)48-41(39)40/h1-27,46H,28H2,(H2,44,45,47). The summed E-state index contributed by atoms with van der Waals surface area (Å²) in [6.45, 7) is 0.425. The van der Waals surface area contributed by atoms with Crippen molar-refractivity contribution in [2.45, 2.75) is 6.54 Å². The Labute approximate surface area is 278 Å². The van der Waals surface area contributed by atoms with Crippen LogP contribution in [0.4, 0.5) is 11.4 Å². The summed E-state index contributed by atoms with van der Waals surface area (Å²) in [5.74, 6) is 1.01. The van der Waals surface area contributed by atoms with Gasteiger partial charge in [0.2, 0.25) is 0 Å². The van der Waals surface area contributed by atoms with E-state index < -0.39 is 0 Å². The Balaban J connectivity index is 1.23. The molecule has 0 bridgehead atoms. The van der Waals surface area contributed by atoms with E-state index in [9.17, 15) is 0 Å². The minimum absolute atomic E-state index is 0.424. The number of nitrogens with zero attached hydrogens (tertiary/aromatic N) is 2. The molecule has 0 aliphatic heterocycles. The minimum Gasteiger partial charge on any atom is -0.454 e. The zero-order valence-corrected chi connectivity index (χ0v) is 26.2. The monoisotopic (exact) mass is 620 g/mol. The van der Waals surface area contributed by atoms with Crippen LogP contribution in [0, 0.1) is 0 Å². The lowest BCUT2D eigenvalue weighted by Crippen LogP contribution is -2.16. The molecule has 0 saturated carbocycles. The maximum absolute atomic E-state index is 6.65. The summed E-state index contributed by atoms with van der Waals surface area (Å²) in [5.41, 5.74) is 15.0. The van der Waals surface area contributed by atoms with E-state index in [1.165, 1.54) is 0 Å². The Bertz CT molecular complexity index is 2450. The number of fused-ring (bicyclic) bond motifs is 5. The lowest BCUT2D eigenvalue weighted by molar-refractivity contribution is 0.670. The highest BCUT2D eigenvalue weighted by Crippen LogP contribution is 2.47. The first-order valence-electron chi connectivity index (χ1n) is 16.0. The number of hydrogen-bond donors (Lipinski definition) is 2. The Morgan fingerprint density at radius 2 is 1.23 bits per heavy atom. The van der Waals surface area contributed by atoms with Crippen LogP contribution in [-0.2, 0) is 6.54 Å². The highest BCUT2D eigenvalue weighted by Gasteiger charge is 2.21. The van der Waals surface area contributed by atoms with Crippen LogP contribution >= 0.6 is 0 Å². The van der Waals surface area contributed by atoms with Gasteiger partial charge in [-0.05, 0) is 40.1 Å². The van der Waals surface area contributed by atoms with Crippen molar-refractivity contribution in [1.29, 1.82) is 0 Å². The van der Waals surface area contributed by atoms with E-state index in [2.05, 4.69) is 90.2 Å². The number of rotatable bonds is 7. The summed E-state index contributed by atoms with van der Waals surface area (Å²) in [5, 5.41) is 8.31. The summed E-state index contributed by atoms with van der Waals surface area (Å²) < 4.78 is 6.65. The third kappa shape index (κ3) is 5.59. The molecule has 0 radical (unpaired) electrons. The van der Waals surface area contributed by atoms with Gasteiger partial charge < -0.3 is 15.5 Å². The summed E-state index contributed by atoms with van der Waals surface area (Å²) in [7, 11) is 0. The quantitative estimate of drug-likeness (QED) is 0.137. The highest BCUT2D eigenvalue weighted by atomic mass is 16.3. The fraction of sp³-hybridized carbons (Fsp3) is 0.0233. The van der Waals surface area contributed by atoms with Crippen molar-refractivity contribution in [2.75, 3.05) is 5.32 Å². The topological polar surface area (TPSA) is 75.9 Å². The molecule has 0 saturated heterocycles. The Morgan fingerprint density at radius 1 is 0.604 bits per heavy atom. The number of nitrogens with one attached hydrogen (secondary N) is 1. The van der Waals surface area contributed by atoms with Gasteiger partial charge in [-0.2, -0.15) is 0 Å². The van der Waals surface area contributed by atoms with E-state index >= 15 is 0 Å². The molecule has 5 nitrogen and oxygen atoms in total. The smallest absolute Gasteiger partial charge is 0.160 e. The molecule has 1 aromatic heterocycles. The molecule has 0 amide bonds. The predicted molar refractivity (Wildman–Crippen MR) is 200 cm³/mol. The molecule has 8 rings (SSSR count). The van der Waals surface area contributed by atoms with Crippen molar-refractivity contribution in [3.8, 4) is 11.1 Å². The van der Waals surface area contributed by atoms with Crippen LogP contribution in [0.25, 0.3) is 43.8 Å². The highest BCUT2D eigenvalue weighted by molar-refractivity contribution is 6.27. The van der Waals surface area contributed by atoms with E-state index in [1.807, 2.05) is 78.9 Å². The average molecular weight is 621 g/mol. The van der Waals surface area contributed by atoms with Crippen molar-refractivity contribution >= 4 is 55.8 Å². The first-order chi connectivity index (χ1) is 23.7. The van der Waals surface area contributed by atoms with E-state index in [0.29, 0.717) is 18.2 Å². The second kappa shape index (κ2) is 12.7. The molecule has 5 heteroatoms. The number of furan rings is 1. The number of benzene rings is 7. The fourth-order valence-corrected chi connectivity index (χ4v) is 6.30. The lowest BCUT2D eigenvalue weighted by Gasteiger charge is -2.17. The number of para-hydroxylation sites is 1. The summed E-state index contributed by atoms with van der Waals surface area (Å²) in [4.78, 5) is 9.73. The zero-order chi connectivity index (χ0) is 32.3. The third-order valence-corrected chi connectivity index (χ3v) is 8.54. The molecule has 48 heavy (non-hydrogen) atoms. The van der Waals surface area contributed by atoms with E-state index in [0.717, 1.165) is 71.9 Å². The van der Waals surface area contributed by atoms with Gasteiger partial charge in [0, 0.05) is 33.2 Å². The van der Waals surface area contributed by atoms with Crippen molar-refractivity contribution < 1.29 is 4.42 Å². The summed E-state index contributed by atoms with van der Waals surface area (Å²) in [6.07, 6.45) is 0. The number of hydrogen-bond acceptors (Lipinski definition) is 3. The van der Waals surface area contributed by atoms with Gasteiger partial charge in [0.25, 0.3) is 0 Å². The van der Waals surface area contributed by atoms with Crippen molar-refractivity contribution in [3.05, 3.63) is 180 Å². The number of anilines is 2. The van der Waals surface area contributed by atoms with Crippen molar-refractivity contribution in [1.82, 2.24) is 0 Å². The molecule has 0 aliphatic carbocycles. The molecular weight excluding hydrogens is 589 g/mol. The van der Waals surface area contributed by atoms with Gasteiger partial charge in [-0.3, -0.25) is 4.99 Å². The Kier molecular flexibility index (Phi) is 7.69. The number of aliphatic imine (C=N–C) groups is 2. The van der Waals surface area contributed by atoms with E-state index in [4.69, 9.17) is 20.1 Å². The van der Waals surface area contributed by atoms with Gasteiger partial charge in [0.1, 0.15) is 11.4 Å². The minimum atomic E-state index is 0.424. The van der Waals surface area contributed by atoms with Crippen LogP contribution in [0.15, 0.2) is 178 Å². The molecule has 3 N–H and O–H groups in total. The average Bonchev–Trinajstić information content (AvgIpc) is 3.55. The SMILES string of the molecule is NC(=NC(=NCc1cccc(Nc2c(-c3ccccc3)c3ccccc3c3c2oc2ccccc23)c1)c1ccccc1)c1ccccc1. The van der Waals surface area contributed by atoms with Crippen LogP contribution in [0.3, 0.4) is 0 Å². The second-order valence-corrected chi connectivity index (χ2v) is 11.7. The molecular formula is C43H32N4O. The van der Waals surface area contributed by atoms with Crippen LogP contribution in [0.5, 0.6) is 0 Å². The second-order valence-electron chi connectivity index (χ2n) is 11.7. The zero-order valence-electron chi connectivity index (χ0n) is 26.2. The maximum atomic E-state index is 6.65. The molecule has 0 atom stereocenters. The van der Waals surface area contributed by atoms with E-state index in [-0.39, 0.29) is 0 Å². The van der Waals surface area contributed by atoms with Crippen LogP contribution < -0.4 is 11.1 Å². The van der Waals surface area contributed by atoms with Gasteiger partial charge in [0.05, 0.1) is 12.2 Å². The summed E-state index contributed by atoms with van der Waals surface area (Å²) >= 11 is 0. The van der Waals surface area contributed by atoms with Crippen LogP contribution in [0.2, 0.25) is 0 Å². The van der Waals surface area contributed by atoms with Gasteiger partial charge in [-0.25, -0.2) is 4.99 Å². The van der Waals surface area contributed by atoms with Crippen molar-refractivity contribution in [2.24, 2.45) is 15.7 Å². The van der Waals surface area contributed by atoms with Crippen LogP contribution in [0.1, 0.15) is 16.7 Å². The van der Waals surface area contributed by atoms with Gasteiger partial charge in [-0.15, -0.1) is 0 Å². The first-order valence-corrected chi connectivity index (χ1v) is 16.0. The molecule has 7 aromatic carbocycles. The van der Waals surface area contributed by atoms with Crippen LogP contribution in [-0.4, -0.2) is 11.7 Å². The lowest BCUT2D eigenvalue weighted by atomic mass is 9.93. The number of nitrogens with two attached hydrogens (primary N) is 1. The predicted octanol–water partition coefficient (Wildman–Crippen LogP) is 10.5. The molecule has 0 aliphatic rings. The molecule has 8 aromatic rings. The van der Waals surface area contributed by atoms with Gasteiger partial charge in [0.15, 0.2) is 11.4 Å². The molecule has 0 fully saturated rings. The first kappa shape index (κ1) is 29.0. The molecule has 0 unspecified atom stereocenters. The third-order valence-electron chi connectivity index (χ3n) is 8.54. The summed E-state index contributed by atoms with van der Waals surface area (Å²) in [6, 6.07) is 55.4.